The lowest BCUT2D eigenvalue weighted by molar-refractivity contribution is 0.412. The van der Waals surface area contributed by atoms with Crippen molar-refractivity contribution in [3.8, 4) is 22.6 Å². The minimum atomic E-state index is 0.793. The van der Waals surface area contributed by atoms with E-state index in [1.807, 2.05) is 18.2 Å². The quantitative estimate of drug-likeness (QED) is 0.157. The first-order chi connectivity index (χ1) is 25.6. The lowest BCUT2D eigenvalue weighted by Gasteiger charge is -2.13. The molecule has 2 heterocycles. The second-order valence-electron chi connectivity index (χ2n) is 13.8. The van der Waals surface area contributed by atoms with E-state index in [-0.39, 0.29) is 0 Å². The van der Waals surface area contributed by atoms with Crippen molar-refractivity contribution in [2.24, 2.45) is 0 Å². The van der Waals surface area contributed by atoms with Crippen molar-refractivity contribution in [3.63, 3.8) is 0 Å². The standard InChI is InChI=1S/C48H41N2O2/c1-4-33-13-21-38(22-14-33)49(40-27-19-36(20-28-40)48-30-37-9-5-8-12-46(37)52-48)39-23-15-34(16-24-39)35-17-25-41(26-18-35)50-44-11-7-6-10-42(44)43-31-47(51-3)32(2)29-45(43)50/h5,7-9,11-27,29-31H,4,6,10,28H2,1-3H3/q+1. The Morgan fingerprint density at radius 1 is 0.788 bits per heavy atom. The summed E-state index contributed by atoms with van der Waals surface area (Å²) in [7, 11) is 1.76. The van der Waals surface area contributed by atoms with Gasteiger partial charge in [-0.2, -0.15) is 4.58 Å². The molecule has 0 unspecified atom stereocenters. The number of rotatable bonds is 7. The Morgan fingerprint density at radius 2 is 1.52 bits per heavy atom. The Morgan fingerprint density at radius 3 is 2.21 bits per heavy atom. The van der Waals surface area contributed by atoms with Gasteiger partial charge in [-0.25, -0.2) is 0 Å². The number of allylic oxidation sites excluding steroid dienone is 5. The van der Waals surface area contributed by atoms with Crippen LogP contribution in [-0.4, -0.2) is 17.4 Å². The molecule has 52 heavy (non-hydrogen) atoms. The van der Waals surface area contributed by atoms with Crippen LogP contribution in [0.3, 0.4) is 0 Å². The maximum Gasteiger partial charge on any atom is 0.211 e. The van der Waals surface area contributed by atoms with Crippen molar-refractivity contribution < 1.29 is 9.15 Å². The summed E-state index contributed by atoms with van der Waals surface area (Å²) in [5.41, 5.74) is 15.4. The smallest absolute Gasteiger partial charge is 0.211 e. The zero-order valence-corrected chi connectivity index (χ0v) is 29.9. The number of para-hydroxylation sites is 1. The predicted octanol–water partition coefficient (Wildman–Crippen LogP) is 12.2. The summed E-state index contributed by atoms with van der Waals surface area (Å²) in [6.07, 6.45) is 15.2. The molecule has 7 aromatic rings. The molecular formula is C48H41N2O2+. The van der Waals surface area contributed by atoms with Crippen molar-refractivity contribution in [2.75, 3.05) is 7.11 Å². The van der Waals surface area contributed by atoms with Crippen LogP contribution >= 0.6 is 0 Å². The molecule has 0 radical (unpaired) electrons. The summed E-state index contributed by atoms with van der Waals surface area (Å²) in [6, 6.07) is 41.7. The van der Waals surface area contributed by atoms with Gasteiger partial charge in [0, 0.05) is 58.1 Å². The molecule has 0 aliphatic heterocycles. The first kappa shape index (κ1) is 31.8. The van der Waals surface area contributed by atoms with Crippen molar-refractivity contribution in [1.29, 1.82) is 0 Å². The minimum Gasteiger partial charge on any atom is -0.496 e. The topological polar surface area (TPSA) is 30.3 Å². The summed E-state index contributed by atoms with van der Waals surface area (Å²) < 4.78 is 16.7. The predicted molar refractivity (Wildman–Crippen MR) is 218 cm³/mol. The number of benzene rings is 5. The van der Waals surface area contributed by atoms with Gasteiger partial charge in [0.1, 0.15) is 17.1 Å². The van der Waals surface area contributed by atoms with E-state index in [9.17, 15) is 0 Å². The van der Waals surface area contributed by atoms with Gasteiger partial charge in [0.05, 0.1) is 19.0 Å². The van der Waals surface area contributed by atoms with Crippen LogP contribution in [0.5, 0.6) is 5.75 Å². The Labute approximate surface area is 304 Å². The molecule has 0 amide bonds. The van der Waals surface area contributed by atoms with E-state index in [1.54, 1.807) is 7.11 Å². The zero-order chi connectivity index (χ0) is 35.2. The maximum absolute atomic E-state index is 6.19. The van der Waals surface area contributed by atoms with Gasteiger partial charge in [0.15, 0.2) is 5.71 Å². The molecule has 0 spiro atoms. The van der Waals surface area contributed by atoms with Crippen LogP contribution in [0.1, 0.15) is 47.9 Å². The number of hydrogen-bond donors (Lipinski definition) is 0. The largest absolute Gasteiger partial charge is 0.496 e. The molecule has 4 nitrogen and oxygen atoms in total. The average Bonchev–Trinajstić information content (AvgIpc) is 3.78. The highest BCUT2D eigenvalue weighted by Crippen LogP contribution is 2.38. The van der Waals surface area contributed by atoms with Gasteiger partial charge < -0.3 is 13.7 Å². The molecule has 2 aromatic heterocycles. The number of hydrogen-bond acceptors (Lipinski definition) is 2. The Balaban J connectivity index is 1.04. The van der Waals surface area contributed by atoms with Crippen LogP contribution in [0, 0.1) is 6.92 Å². The molecule has 9 rings (SSSR count). The van der Waals surface area contributed by atoms with E-state index in [0.29, 0.717) is 0 Å². The average molecular weight is 678 g/mol. The molecule has 2 aliphatic carbocycles. The number of methoxy groups -OCH3 is 1. The number of aromatic nitrogens is 1. The van der Waals surface area contributed by atoms with Gasteiger partial charge in [-0.1, -0.05) is 61.5 Å². The van der Waals surface area contributed by atoms with E-state index in [2.05, 4.69) is 150 Å². The first-order valence-electron chi connectivity index (χ1n) is 18.3. The Bertz CT molecular complexity index is 2560. The van der Waals surface area contributed by atoms with Crippen LogP contribution in [0.15, 0.2) is 144 Å². The number of nitrogens with zero attached hydrogens (tertiary/aromatic N) is 2. The van der Waals surface area contributed by atoms with E-state index < -0.39 is 0 Å². The molecule has 0 saturated carbocycles. The van der Waals surface area contributed by atoms with Crippen LogP contribution < -0.4 is 9.31 Å². The third-order valence-electron chi connectivity index (χ3n) is 10.6. The molecule has 254 valence electrons. The SMILES string of the molecule is CCc1ccc([N+](=C2C=CC(c3cc4ccccc4o3)=CC2)c2ccc(-c3ccc(-n4c5c(c6cc(OC)c(C)cc64)CCC=C5)cc3)cc2)cc1. The lowest BCUT2D eigenvalue weighted by Crippen LogP contribution is -2.16. The summed E-state index contributed by atoms with van der Waals surface area (Å²) in [6.45, 7) is 4.32. The van der Waals surface area contributed by atoms with E-state index >= 15 is 0 Å². The number of aryl methyl sites for hydroxylation is 3. The van der Waals surface area contributed by atoms with E-state index in [1.165, 1.54) is 50.2 Å². The van der Waals surface area contributed by atoms with Gasteiger partial charge in [0.25, 0.3) is 0 Å². The van der Waals surface area contributed by atoms with Crippen LogP contribution in [-0.2, 0) is 12.8 Å². The molecule has 4 heteroatoms. The van der Waals surface area contributed by atoms with E-state index in [0.717, 1.165) is 70.7 Å². The van der Waals surface area contributed by atoms with Gasteiger partial charge in [-0.3, -0.25) is 0 Å². The molecule has 0 atom stereocenters. The molecule has 0 saturated heterocycles. The van der Waals surface area contributed by atoms with E-state index in [4.69, 9.17) is 9.15 Å². The highest BCUT2D eigenvalue weighted by Gasteiger charge is 2.23. The summed E-state index contributed by atoms with van der Waals surface area (Å²) >= 11 is 0. The normalized spacial score (nSPS) is 14.9. The Hall–Kier alpha value is -6.13. The molecule has 0 bridgehead atoms. The Kier molecular flexibility index (Phi) is 8.08. The second kappa shape index (κ2) is 13.2. The highest BCUT2D eigenvalue weighted by molar-refractivity contribution is 6.05. The number of fused-ring (bicyclic) bond motifs is 4. The molecule has 0 N–H and O–H groups in total. The van der Waals surface area contributed by atoms with Crippen molar-refractivity contribution in [2.45, 2.75) is 39.5 Å². The van der Waals surface area contributed by atoms with Gasteiger partial charge in [0.2, 0.25) is 11.4 Å². The number of furan rings is 1. The lowest BCUT2D eigenvalue weighted by atomic mass is 10.00. The molecule has 2 aliphatic rings. The van der Waals surface area contributed by atoms with Crippen LogP contribution in [0.2, 0.25) is 0 Å². The fourth-order valence-corrected chi connectivity index (χ4v) is 7.84. The third-order valence-corrected chi connectivity index (χ3v) is 10.6. The molecule has 0 fully saturated rings. The molecule has 5 aromatic carbocycles. The third kappa shape index (κ3) is 5.61. The minimum absolute atomic E-state index is 0.793. The number of ether oxygens (including phenoxy) is 1. The van der Waals surface area contributed by atoms with Crippen molar-refractivity contribution >= 4 is 50.6 Å². The monoisotopic (exact) mass is 677 g/mol. The highest BCUT2D eigenvalue weighted by atomic mass is 16.5. The van der Waals surface area contributed by atoms with Crippen LogP contribution in [0.25, 0.3) is 50.3 Å². The van der Waals surface area contributed by atoms with Gasteiger partial charge >= 0.3 is 0 Å². The van der Waals surface area contributed by atoms with Crippen molar-refractivity contribution in [1.82, 2.24) is 9.14 Å². The fourth-order valence-electron chi connectivity index (χ4n) is 7.84. The molecular weight excluding hydrogens is 637 g/mol. The fraction of sp³-hybridized carbons (Fsp3) is 0.146. The summed E-state index contributed by atoms with van der Waals surface area (Å²) in [4.78, 5) is 0. The first-order valence-corrected chi connectivity index (χ1v) is 18.3. The summed E-state index contributed by atoms with van der Waals surface area (Å²) in [5, 5.41) is 2.40. The summed E-state index contributed by atoms with van der Waals surface area (Å²) in [5.74, 6) is 1.85. The van der Waals surface area contributed by atoms with Gasteiger partial charge in [-0.15, -0.1) is 0 Å². The second-order valence-corrected chi connectivity index (χ2v) is 13.8. The van der Waals surface area contributed by atoms with Gasteiger partial charge in [-0.05, 0) is 115 Å². The zero-order valence-electron chi connectivity index (χ0n) is 29.9. The maximum atomic E-state index is 6.19. The van der Waals surface area contributed by atoms with Crippen LogP contribution in [0.4, 0.5) is 11.4 Å². The van der Waals surface area contributed by atoms with Crippen molar-refractivity contribution in [3.05, 3.63) is 168 Å².